The molecule has 1 rings (SSSR count). The maximum Gasteiger partial charge on any atom is 0.272 e. The molecule has 0 radical (unpaired) electrons. The van der Waals surface area contributed by atoms with Crippen LogP contribution >= 0.6 is 0 Å². The number of unbranched alkanes of at least 4 members (excludes halogenated alkanes) is 2. The second-order valence-electron chi connectivity index (χ2n) is 5.25. The lowest BCUT2D eigenvalue weighted by atomic mass is 10.2. The van der Waals surface area contributed by atoms with Crippen LogP contribution in [0.3, 0.4) is 0 Å². The maximum atomic E-state index is 12.3. The van der Waals surface area contributed by atoms with Gasteiger partial charge in [0.25, 0.3) is 5.91 Å². The Hall–Kier alpha value is -1.58. The number of aromatic nitrogens is 1. The second kappa shape index (κ2) is 8.56. The van der Waals surface area contributed by atoms with E-state index in [-0.39, 0.29) is 5.91 Å². The number of hydrogen-bond donors (Lipinski definition) is 0. The van der Waals surface area contributed by atoms with Crippen LogP contribution in [-0.4, -0.2) is 43.0 Å². The van der Waals surface area contributed by atoms with Crippen molar-refractivity contribution in [1.29, 1.82) is 0 Å². The van der Waals surface area contributed by atoms with E-state index in [1.807, 2.05) is 19.2 Å². The summed E-state index contributed by atoms with van der Waals surface area (Å²) in [5.74, 6) is 0.00388. The standard InChI is InChI=1S/C16H27N3O/c1-5-7-11-18(3)14-9-10-17-15(13-14)16(20)19(4)12-8-6-2/h9-10,13H,5-8,11-12H2,1-4H3. The van der Waals surface area contributed by atoms with Gasteiger partial charge < -0.3 is 9.80 Å². The first kappa shape index (κ1) is 16.5. The van der Waals surface area contributed by atoms with Crippen molar-refractivity contribution in [3.8, 4) is 0 Å². The third-order valence-electron chi connectivity index (χ3n) is 3.44. The van der Waals surface area contributed by atoms with Gasteiger partial charge in [-0.05, 0) is 25.0 Å². The van der Waals surface area contributed by atoms with Gasteiger partial charge in [0, 0.05) is 39.1 Å². The molecule has 0 fully saturated rings. The van der Waals surface area contributed by atoms with Gasteiger partial charge in [-0.25, -0.2) is 0 Å². The van der Waals surface area contributed by atoms with Gasteiger partial charge in [-0.3, -0.25) is 9.78 Å². The molecule has 0 saturated carbocycles. The lowest BCUT2D eigenvalue weighted by molar-refractivity contribution is 0.0787. The number of hydrogen-bond acceptors (Lipinski definition) is 3. The summed E-state index contributed by atoms with van der Waals surface area (Å²) in [5.41, 5.74) is 1.59. The average molecular weight is 277 g/mol. The highest BCUT2D eigenvalue weighted by Gasteiger charge is 2.13. The Kier molecular flexibility index (Phi) is 7.05. The number of amides is 1. The molecule has 1 amide bonds. The van der Waals surface area contributed by atoms with Crippen molar-refractivity contribution in [3.63, 3.8) is 0 Å². The quantitative estimate of drug-likeness (QED) is 0.732. The maximum absolute atomic E-state index is 12.3. The fraction of sp³-hybridized carbons (Fsp3) is 0.625. The van der Waals surface area contributed by atoms with E-state index in [0.717, 1.165) is 38.0 Å². The topological polar surface area (TPSA) is 36.4 Å². The smallest absolute Gasteiger partial charge is 0.272 e. The molecule has 0 aliphatic rings. The molecule has 4 nitrogen and oxygen atoms in total. The second-order valence-corrected chi connectivity index (χ2v) is 5.25. The minimum absolute atomic E-state index is 0.00388. The summed E-state index contributed by atoms with van der Waals surface area (Å²) in [6, 6.07) is 3.85. The first-order valence-corrected chi connectivity index (χ1v) is 7.52. The number of pyridine rings is 1. The Morgan fingerprint density at radius 3 is 2.45 bits per heavy atom. The van der Waals surface area contributed by atoms with E-state index in [1.54, 1.807) is 11.1 Å². The van der Waals surface area contributed by atoms with Gasteiger partial charge in [-0.1, -0.05) is 26.7 Å². The van der Waals surface area contributed by atoms with Crippen LogP contribution in [0.2, 0.25) is 0 Å². The van der Waals surface area contributed by atoms with Gasteiger partial charge in [0.15, 0.2) is 0 Å². The van der Waals surface area contributed by atoms with E-state index in [1.165, 1.54) is 6.42 Å². The molecule has 0 atom stereocenters. The number of carbonyl (C=O) groups excluding carboxylic acids is 1. The Morgan fingerprint density at radius 1 is 1.15 bits per heavy atom. The normalized spacial score (nSPS) is 10.4. The van der Waals surface area contributed by atoms with Gasteiger partial charge in [0.2, 0.25) is 0 Å². The molecule has 20 heavy (non-hydrogen) atoms. The van der Waals surface area contributed by atoms with E-state index >= 15 is 0 Å². The molecule has 0 aromatic carbocycles. The summed E-state index contributed by atoms with van der Waals surface area (Å²) in [6.45, 7) is 6.09. The molecule has 1 heterocycles. The first-order valence-electron chi connectivity index (χ1n) is 7.52. The molecule has 4 heteroatoms. The van der Waals surface area contributed by atoms with E-state index in [2.05, 4.69) is 30.8 Å². The molecule has 0 N–H and O–H groups in total. The van der Waals surface area contributed by atoms with Crippen molar-refractivity contribution in [2.24, 2.45) is 0 Å². The van der Waals surface area contributed by atoms with Crippen molar-refractivity contribution in [3.05, 3.63) is 24.0 Å². The highest BCUT2D eigenvalue weighted by atomic mass is 16.2. The van der Waals surface area contributed by atoms with Gasteiger partial charge in [0.1, 0.15) is 5.69 Å². The van der Waals surface area contributed by atoms with Crippen molar-refractivity contribution in [2.45, 2.75) is 39.5 Å². The summed E-state index contributed by atoms with van der Waals surface area (Å²) in [4.78, 5) is 20.4. The van der Waals surface area contributed by atoms with Crippen LogP contribution in [0.1, 0.15) is 50.0 Å². The number of nitrogens with zero attached hydrogens (tertiary/aromatic N) is 3. The monoisotopic (exact) mass is 277 g/mol. The number of rotatable bonds is 8. The lowest BCUT2D eigenvalue weighted by Gasteiger charge is -2.20. The largest absolute Gasteiger partial charge is 0.374 e. The highest BCUT2D eigenvalue weighted by Crippen LogP contribution is 2.14. The van der Waals surface area contributed by atoms with E-state index in [0.29, 0.717) is 5.69 Å². The van der Waals surface area contributed by atoms with E-state index in [4.69, 9.17) is 0 Å². The SMILES string of the molecule is CCCCN(C)C(=O)c1cc(N(C)CCCC)ccn1. The Morgan fingerprint density at radius 2 is 1.80 bits per heavy atom. The van der Waals surface area contributed by atoms with Crippen molar-refractivity contribution < 1.29 is 4.79 Å². The summed E-state index contributed by atoms with van der Waals surface area (Å²) < 4.78 is 0. The fourth-order valence-electron chi connectivity index (χ4n) is 1.99. The lowest BCUT2D eigenvalue weighted by Crippen LogP contribution is -2.28. The molecule has 1 aromatic heterocycles. The molecule has 0 bridgehead atoms. The van der Waals surface area contributed by atoms with Crippen LogP contribution in [0, 0.1) is 0 Å². The zero-order valence-electron chi connectivity index (χ0n) is 13.2. The molecule has 0 unspecified atom stereocenters. The van der Waals surface area contributed by atoms with Crippen LogP contribution in [0.5, 0.6) is 0 Å². The van der Waals surface area contributed by atoms with Gasteiger partial charge in [-0.2, -0.15) is 0 Å². The number of carbonyl (C=O) groups is 1. The highest BCUT2D eigenvalue weighted by molar-refractivity contribution is 5.93. The average Bonchev–Trinajstić information content (AvgIpc) is 2.49. The zero-order valence-corrected chi connectivity index (χ0v) is 13.2. The van der Waals surface area contributed by atoms with Gasteiger partial charge >= 0.3 is 0 Å². The summed E-state index contributed by atoms with van der Waals surface area (Å²) >= 11 is 0. The van der Waals surface area contributed by atoms with Crippen LogP contribution in [0.15, 0.2) is 18.3 Å². The Labute approximate surface area is 122 Å². The first-order chi connectivity index (χ1) is 9.60. The predicted octanol–water partition coefficient (Wildman–Crippen LogP) is 3.19. The molecular weight excluding hydrogens is 250 g/mol. The van der Waals surface area contributed by atoms with Crippen LogP contribution in [0.4, 0.5) is 5.69 Å². The minimum atomic E-state index is 0.00388. The fourth-order valence-corrected chi connectivity index (χ4v) is 1.99. The Balaban J connectivity index is 2.73. The third-order valence-corrected chi connectivity index (χ3v) is 3.44. The van der Waals surface area contributed by atoms with Crippen LogP contribution < -0.4 is 4.90 Å². The van der Waals surface area contributed by atoms with Crippen molar-refractivity contribution in [1.82, 2.24) is 9.88 Å². The van der Waals surface area contributed by atoms with Gasteiger partial charge in [0.05, 0.1) is 0 Å². The van der Waals surface area contributed by atoms with Crippen molar-refractivity contribution >= 4 is 11.6 Å². The molecule has 0 saturated heterocycles. The van der Waals surface area contributed by atoms with E-state index < -0.39 is 0 Å². The minimum Gasteiger partial charge on any atom is -0.374 e. The number of anilines is 1. The summed E-state index contributed by atoms with van der Waals surface area (Å²) in [6.07, 6.45) is 6.15. The predicted molar refractivity (Wildman–Crippen MR) is 84.3 cm³/mol. The zero-order chi connectivity index (χ0) is 15.0. The molecule has 1 aromatic rings. The molecule has 0 aliphatic heterocycles. The van der Waals surface area contributed by atoms with Crippen LogP contribution in [-0.2, 0) is 0 Å². The van der Waals surface area contributed by atoms with Crippen LogP contribution in [0.25, 0.3) is 0 Å². The third kappa shape index (κ3) is 4.83. The molecule has 0 aliphatic carbocycles. The Bertz CT molecular complexity index is 420. The van der Waals surface area contributed by atoms with Gasteiger partial charge in [-0.15, -0.1) is 0 Å². The van der Waals surface area contributed by atoms with Crippen molar-refractivity contribution in [2.75, 3.05) is 32.1 Å². The molecule has 112 valence electrons. The van der Waals surface area contributed by atoms with E-state index in [9.17, 15) is 4.79 Å². The summed E-state index contributed by atoms with van der Waals surface area (Å²) in [5, 5.41) is 0. The molecule has 0 spiro atoms. The summed E-state index contributed by atoms with van der Waals surface area (Å²) in [7, 11) is 3.90. The molecular formula is C16H27N3O.